The van der Waals surface area contributed by atoms with Crippen LogP contribution in [0.25, 0.3) is 0 Å². The first-order valence-corrected chi connectivity index (χ1v) is 8.43. The molecule has 1 unspecified atom stereocenters. The normalized spacial score (nSPS) is 16.8. The zero-order valence-electron chi connectivity index (χ0n) is 13.0. The zero-order chi connectivity index (χ0) is 16.5. The van der Waals surface area contributed by atoms with Crippen LogP contribution in [0.1, 0.15) is 27.6 Å². The van der Waals surface area contributed by atoms with Gasteiger partial charge in [0.2, 0.25) is 0 Å². The molecule has 4 heterocycles. The highest BCUT2D eigenvalue weighted by Crippen LogP contribution is 2.32. The van der Waals surface area contributed by atoms with Gasteiger partial charge in [0.05, 0.1) is 5.71 Å². The minimum atomic E-state index is -0.311. The lowest BCUT2D eigenvalue weighted by molar-refractivity contribution is 0.977. The highest BCUT2D eigenvalue weighted by molar-refractivity contribution is 7.10. The van der Waals surface area contributed by atoms with E-state index in [0.717, 1.165) is 27.3 Å². The van der Waals surface area contributed by atoms with E-state index in [9.17, 15) is 0 Å². The number of fused-ring (bicyclic) bond motifs is 1. The van der Waals surface area contributed by atoms with Gasteiger partial charge in [0.15, 0.2) is 5.82 Å². The predicted molar refractivity (Wildman–Crippen MR) is 97.2 cm³/mol. The van der Waals surface area contributed by atoms with E-state index in [1.165, 1.54) is 0 Å². The number of nitrogens with zero attached hydrogens (tertiary/aromatic N) is 4. The molecule has 0 radical (unpaired) electrons. The van der Waals surface area contributed by atoms with Crippen molar-refractivity contribution in [3.63, 3.8) is 0 Å². The smallest absolute Gasteiger partial charge is 0.163 e. The maximum absolute atomic E-state index is 6.27. The van der Waals surface area contributed by atoms with E-state index in [1.807, 2.05) is 48.8 Å². The van der Waals surface area contributed by atoms with Gasteiger partial charge in [-0.3, -0.25) is 9.98 Å². The minimum absolute atomic E-state index is 0.311. The van der Waals surface area contributed by atoms with Crippen LogP contribution in [0.5, 0.6) is 0 Å². The lowest BCUT2D eigenvalue weighted by Crippen LogP contribution is -2.20. The summed E-state index contributed by atoms with van der Waals surface area (Å²) in [5.74, 6) is 1.06. The Kier molecular flexibility index (Phi) is 3.66. The molecule has 1 aliphatic rings. The Hall–Kier alpha value is -2.86. The Labute approximate surface area is 143 Å². The lowest BCUT2D eigenvalue weighted by Gasteiger charge is -2.12. The molecule has 0 aliphatic carbocycles. The lowest BCUT2D eigenvalue weighted by atomic mass is 10.00. The standard InChI is InChI=1S/C18H15N5S/c1-11-6-8-21-18-14(11)15(12-4-2-7-20-10-12)22-16(17(19)23-18)13-5-3-9-24-13/h2-10,16H,1H3,(H2,19,21,23). The predicted octanol–water partition coefficient (Wildman–Crippen LogP) is 3.43. The number of pyridine rings is 2. The SMILES string of the molecule is Cc1ccnc2c1C(c1cccnc1)=NC(c1cccs1)C(N)=N2. The van der Waals surface area contributed by atoms with Gasteiger partial charge in [-0.2, -0.15) is 0 Å². The molecule has 5 nitrogen and oxygen atoms in total. The third-order valence-corrected chi connectivity index (χ3v) is 4.82. The van der Waals surface area contributed by atoms with Crippen molar-refractivity contribution in [2.75, 3.05) is 0 Å². The molecule has 0 fully saturated rings. The van der Waals surface area contributed by atoms with Crippen molar-refractivity contribution in [3.05, 3.63) is 75.9 Å². The van der Waals surface area contributed by atoms with Crippen molar-refractivity contribution in [2.24, 2.45) is 15.7 Å². The van der Waals surface area contributed by atoms with Gasteiger partial charge >= 0.3 is 0 Å². The van der Waals surface area contributed by atoms with E-state index < -0.39 is 0 Å². The summed E-state index contributed by atoms with van der Waals surface area (Å²) in [5.41, 5.74) is 10.00. The molecule has 3 aromatic rings. The average Bonchev–Trinajstić information content (AvgIpc) is 3.07. The Morgan fingerprint density at radius 1 is 1.12 bits per heavy atom. The van der Waals surface area contributed by atoms with Gasteiger partial charge in [0.1, 0.15) is 11.9 Å². The summed E-state index contributed by atoms with van der Waals surface area (Å²) in [7, 11) is 0. The topological polar surface area (TPSA) is 76.5 Å². The van der Waals surface area contributed by atoms with Crippen LogP contribution in [0.15, 0.2) is 64.3 Å². The molecule has 24 heavy (non-hydrogen) atoms. The molecular weight excluding hydrogens is 318 g/mol. The number of hydrogen-bond donors (Lipinski definition) is 1. The van der Waals surface area contributed by atoms with Gasteiger partial charge in [-0.15, -0.1) is 11.3 Å². The van der Waals surface area contributed by atoms with Crippen LogP contribution in [0.2, 0.25) is 0 Å². The van der Waals surface area contributed by atoms with Crippen LogP contribution >= 0.6 is 11.3 Å². The van der Waals surface area contributed by atoms with E-state index in [-0.39, 0.29) is 6.04 Å². The van der Waals surface area contributed by atoms with Crippen molar-refractivity contribution in [1.29, 1.82) is 0 Å². The van der Waals surface area contributed by atoms with Gasteiger partial charge in [-0.1, -0.05) is 6.07 Å². The summed E-state index contributed by atoms with van der Waals surface area (Å²) in [6, 6.07) is 9.57. The number of hydrogen-bond acceptors (Lipinski definition) is 6. The van der Waals surface area contributed by atoms with Crippen molar-refractivity contribution < 1.29 is 0 Å². The number of aryl methyl sites for hydroxylation is 1. The molecule has 2 N–H and O–H groups in total. The molecule has 1 atom stereocenters. The first kappa shape index (κ1) is 14.7. The van der Waals surface area contributed by atoms with E-state index in [1.54, 1.807) is 23.7 Å². The quantitative estimate of drug-likeness (QED) is 0.780. The van der Waals surface area contributed by atoms with Crippen LogP contribution < -0.4 is 5.73 Å². The highest BCUT2D eigenvalue weighted by Gasteiger charge is 2.25. The Bertz CT molecular complexity index is 929. The van der Waals surface area contributed by atoms with Gasteiger partial charge in [0.25, 0.3) is 0 Å². The third-order valence-electron chi connectivity index (χ3n) is 3.90. The van der Waals surface area contributed by atoms with Crippen molar-refractivity contribution >= 4 is 28.7 Å². The van der Waals surface area contributed by atoms with E-state index in [4.69, 9.17) is 10.7 Å². The number of thiophene rings is 1. The fraction of sp³-hybridized carbons (Fsp3) is 0.111. The molecule has 6 heteroatoms. The summed E-state index contributed by atoms with van der Waals surface area (Å²) in [5, 5.41) is 2.02. The number of rotatable bonds is 2. The van der Waals surface area contributed by atoms with Crippen LogP contribution in [0.4, 0.5) is 5.82 Å². The first-order chi connectivity index (χ1) is 11.7. The Morgan fingerprint density at radius 2 is 2.04 bits per heavy atom. The Balaban J connectivity index is 1.99. The van der Waals surface area contributed by atoms with Crippen LogP contribution in [0.3, 0.4) is 0 Å². The fourth-order valence-corrected chi connectivity index (χ4v) is 3.52. The molecule has 0 saturated heterocycles. The average molecular weight is 333 g/mol. The molecule has 0 spiro atoms. The monoisotopic (exact) mass is 333 g/mol. The fourth-order valence-electron chi connectivity index (χ4n) is 2.74. The first-order valence-electron chi connectivity index (χ1n) is 7.55. The largest absolute Gasteiger partial charge is 0.385 e. The van der Waals surface area contributed by atoms with Gasteiger partial charge in [-0.05, 0) is 42.1 Å². The molecule has 3 aromatic heterocycles. The summed E-state index contributed by atoms with van der Waals surface area (Å²) in [6.45, 7) is 2.03. The molecule has 0 bridgehead atoms. The molecule has 0 amide bonds. The molecular formula is C18H15N5S. The van der Waals surface area contributed by atoms with Crippen molar-refractivity contribution in [2.45, 2.75) is 13.0 Å². The maximum atomic E-state index is 6.27. The van der Waals surface area contributed by atoms with Crippen LogP contribution in [-0.4, -0.2) is 21.5 Å². The van der Waals surface area contributed by atoms with Crippen molar-refractivity contribution in [1.82, 2.24) is 9.97 Å². The van der Waals surface area contributed by atoms with Gasteiger partial charge in [-0.25, -0.2) is 9.98 Å². The zero-order valence-corrected chi connectivity index (χ0v) is 13.9. The van der Waals surface area contributed by atoms with Crippen LogP contribution in [0, 0.1) is 6.92 Å². The highest BCUT2D eigenvalue weighted by atomic mass is 32.1. The Morgan fingerprint density at radius 3 is 2.79 bits per heavy atom. The number of amidine groups is 1. The second-order valence-corrected chi connectivity index (χ2v) is 6.48. The summed E-state index contributed by atoms with van der Waals surface area (Å²) < 4.78 is 0. The number of aliphatic imine (C=N–C) groups is 2. The van der Waals surface area contributed by atoms with Crippen LogP contribution in [-0.2, 0) is 0 Å². The second kappa shape index (κ2) is 5.98. The summed E-state index contributed by atoms with van der Waals surface area (Å²) >= 11 is 1.62. The van der Waals surface area contributed by atoms with E-state index in [2.05, 4.69) is 15.0 Å². The molecule has 0 saturated carbocycles. The molecule has 0 aromatic carbocycles. The van der Waals surface area contributed by atoms with Gasteiger partial charge in [0, 0.05) is 34.6 Å². The minimum Gasteiger partial charge on any atom is -0.385 e. The summed E-state index contributed by atoms with van der Waals surface area (Å²) in [4.78, 5) is 19.2. The number of nitrogens with two attached hydrogens (primary N) is 1. The molecule has 4 rings (SSSR count). The van der Waals surface area contributed by atoms with E-state index in [0.29, 0.717) is 11.7 Å². The number of aromatic nitrogens is 2. The third kappa shape index (κ3) is 2.51. The van der Waals surface area contributed by atoms with E-state index >= 15 is 0 Å². The summed E-state index contributed by atoms with van der Waals surface area (Å²) in [6.07, 6.45) is 5.30. The van der Waals surface area contributed by atoms with Gasteiger partial charge < -0.3 is 5.73 Å². The second-order valence-electron chi connectivity index (χ2n) is 5.50. The maximum Gasteiger partial charge on any atom is 0.163 e. The van der Waals surface area contributed by atoms with Crippen molar-refractivity contribution in [3.8, 4) is 0 Å². The molecule has 1 aliphatic heterocycles. The molecule has 118 valence electrons.